The van der Waals surface area contributed by atoms with Crippen molar-refractivity contribution in [3.8, 4) is 5.75 Å². The Morgan fingerprint density at radius 2 is 2.00 bits per heavy atom. The van der Waals surface area contributed by atoms with Crippen molar-refractivity contribution in [3.63, 3.8) is 0 Å². The molecule has 3 nitrogen and oxygen atoms in total. The number of oxime groups is 1. The maximum Gasteiger partial charge on any atom is 0.140 e. The van der Waals surface area contributed by atoms with Crippen LogP contribution in [-0.4, -0.2) is 16.9 Å². The van der Waals surface area contributed by atoms with Crippen LogP contribution in [0.15, 0.2) is 35.0 Å². The lowest BCUT2D eigenvalue weighted by atomic mass is 9.68. The normalized spacial score (nSPS) is 32.9. The third kappa shape index (κ3) is 1.49. The lowest BCUT2D eigenvalue weighted by Gasteiger charge is -2.43. The maximum absolute atomic E-state index is 6.30. The average molecular weight is 269 g/mol. The first-order chi connectivity index (χ1) is 9.50. The summed E-state index contributed by atoms with van der Waals surface area (Å²) >= 11 is 0. The van der Waals surface area contributed by atoms with Crippen LogP contribution in [0.5, 0.6) is 5.75 Å². The molecule has 104 valence electrons. The lowest BCUT2D eigenvalue weighted by molar-refractivity contribution is -0.0208. The molecule has 4 rings (SSSR count). The highest BCUT2D eigenvalue weighted by Crippen LogP contribution is 2.48. The van der Waals surface area contributed by atoms with Crippen LogP contribution in [0.1, 0.15) is 39.2 Å². The molecule has 1 fully saturated rings. The second kappa shape index (κ2) is 3.66. The van der Waals surface area contributed by atoms with Crippen LogP contribution in [0.3, 0.4) is 0 Å². The predicted octanol–water partition coefficient (Wildman–Crippen LogP) is 3.80. The minimum absolute atomic E-state index is 0.200. The molecule has 1 aromatic carbocycles. The summed E-state index contributed by atoms with van der Waals surface area (Å²) in [6.45, 7) is 6.41. The van der Waals surface area contributed by atoms with Gasteiger partial charge in [-0.3, -0.25) is 0 Å². The Balaban J connectivity index is 1.85. The van der Waals surface area contributed by atoms with Gasteiger partial charge in [-0.05, 0) is 45.8 Å². The summed E-state index contributed by atoms with van der Waals surface area (Å²) < 4.78 is 6.30. The van der Waals surface area contributed by atoms with Gasteiger partial charge in [-0.25, -0.2) is 0 Å². The molecule has 0 bridgehead atoms. The molecule has 1 unspecified atom stereocenters. The van der Waals surface area contributed by atoms with Gasteiger partial charge in [0.1, 0.15) is 17.0 Å². The number of hydrogen-bond donors (Lipinski definition) is 0. The van der Waals surface area contributed by atoms with E-state index in [4.69, 9.17) is 9.57 Å². The molecular formula is C17H19NO2. The number of rotatable bonds is 0. The first-order valence-corrected chi connectivity index (χ1v) is 7.26. The van der Waals surface area contributed by atoms with Crippen LogP contribution < -0.4 is 4.74 Å². The topological polar surface area (TPSA) is 30.8 Å². The van der Waals surface area contributed by atoms with Crippen LogP contribution in [0.2, 0.25) is 0 Å². The molecule has 1 aromatic rings. The van der Waals surface area contributed by atoms with Crippen molar-refractivity contribution in [2.75, 3.05) is 0 Å². The monoisotopic (exact) mass is 269 g/mol. The minimum atomic E-state index is -0.270. The third-order valence-corrected chi connectivity index (χ3v) is 4.86. The highest BCUT2D eigenvalue weighted by Gasteiger charge is 2.52. The summed E-state index contributed by atoms with van der Waals surface area (Å²) in [5.74, 6) is 1.34. The van der Waals surface area contributed by atoms with Gasteiger partial charge in [0, 0.05) is 17.1 Å². The molecule has 2 atom stereocenters. The Hall–Kier alpha value is -1.77. The highest BCUT2D eigenvalue weighted by atomic mass is 16.7. The SMILES string of the molecule is CC1(C)ON=C2C3=Cc4ccccc4O[C@@]3(C)CCC21. The standard InChI is InChI=1S/C17H19NO2/c1-16(2)12-8-9-17(3)13(15(12)18-20-16)10-11-6-4-5-7-14(11)19-17/h4-7,10,12H,8-9H2,1-3H3/t12?,17-/m0/s1. The van der Waals surface area contributed by atoms with Gasteiger partial charge >= 0.3 is 0 Å². The van der Waals surface area contributed by atoms with E-state index in [1.165, 1.54) is 5.57 Å². The van der Waals surface area contributed by atoms with Crippen LogP contribution in [0.4, 0.5) is 0 Å². The van der Waals surface area contributed by atoms with Gasteiger partial charge in [0.05, 0.1) is 5.71 Å². The van der Waals surface area contributed by atoms with E-state index in [9.17, 15) is 0 Å². The van der Waals surface area contributed by atoms with Gasteiger partial charge in [-0.2, -0.15) is 0 Å². The van der Waals surface area contributed by atoms with Crippen LogP contribution in [0, 0.1) is 5.92 Å². The Morgan fingerprint density at radius 3 is 2.85 bits per heavy atom. The van der Waals surface area contributed by atoms with Crippen molar-refractivity contribution in [3.05, 3.63) is 35.4 Å². The predicted molar refractivity (Wildman–Crippen MR) is 78.8 cm³/mol. The molecule has 0 aromatic heterocycles. The van der Waals surface area contributed by atoms with Crippen LogP contribution >= 0.6 is 0 Å². The molecule has 2 aliphatic heterocycles. The quantitative estimate of drug-likeness (QED) is 0.717. The number of hydrogen-bond acceptors (Lipinski definition) is 3. The molecule has 0 amide bonds. The van der Waals surface area contributed by atoms with E-state index in [-0.39, 0.29) is 11.2 Å². The highest BCUT2D eigenvalue weighted by molar-refractivity contribution is 6.09. The second-order valence-electron chi connectivity index (χ2n) is 6.69. The van der Waals surface area contributed by atoms with Crippen molar-refractivity contribution < 1.29 is 9.57 Å². The molecule has 3 heteroatoms. The summed E-state index contributed by atoms with van der Waals surface area (Å²) in [5.41, 5.74) is 2.94. The van der Waals surface area contributed by atoms with E-state index in [2.05, 4.69) is 38.1 Å². The Morgan fingerprint density at radius 1 is 1.20 bits per heavy atom. The molecule has 0 spiro atoms. The number of nitrogens with zero attached hydrogens (tertiary/aromatic N) is 1. The van der Waals surface area contributed by atoms with Crippen molar-refractivity contribution >= 4 is 11.8 Å². The summed E-state index contributed by atoms with van der Waals surface area (Å²) in [5, 5.41) is 4.38. The van der Waals surface area contributed by atoms with Crippen molar-refractivity contribution in [2.45, 2.75) is 44.8 Å². The number of fused-ring (bicyclic) bond motifs is 4. The Labute approximate surface area is 119 Å². The first-order valence-electron chi connectivity index (χ1n) is 7.26. The van der Waals surface area contributed by atoms with E-state index in [1.54, 1.807) is 0 Å². The molecule has 3 aliphatic rings. The van der Waals surface area contributed by atoms with Gasteiger partial charge in [0.15, 0.2) is 0 Å². The molecule has 0 radical (unpaired) electrons. The van der Waals surface area contributed by atoms with E-state index in [1.807, 2.05) is 18.2 Å². The van der Waals surface area contributed by atoms with Gasteiger partial charge < -0.3 is 9.57 Å². The summed E-state index contributed by atoms with van der Waals surface area (Å²) in [4.78, 5) is 5.66. The van der Waals surface area contributed by atoms with Gasteiger partial charge in [0.25, 0.3) is 0 Å². The van der Waals surface area contributed by atoms with Crippen molar-refractivity contribution in [1.29, 1.82) is 0 Å². The fraction of sp³-hybridized carbons (Fsp3) is 0.471. The smallest absolute Gasteiger partial charge is 0.140 e. The Bertz CT molecular complexity index is 644. The minimum Gasteiger partial charge on any atom is -0.482 e. The maximum atomic E-state index is 6.30. The zero-order valence-electron chi connectivity index (χ0n) is 12.1. The van der Waals surface area contributed by atoms with E-state index in [0.717, 1.165) is 29.9 Å². The molecule has 0 N–H and O–H groups in total. The number of ether oxygens (including phenoxy) is 1. The molecular weight excluding hydrogens is 250 g/mol. The largest absolute Gasteiger partial charge is 0.482 e. The first kappa shape index (κ1) is 12.0. The zero-order chi connectivity index (χ0) is 14.0. The molecule has 20 heavy (non-hydrogen) atoms. The van der Waals surface area contributed by atoms with Crippen LogP contribution in [0.25, 0.3) is 6.08 Å². The van der Waals surface area contributed by atoms with Crippen molar-refractivity contribution in [2.24, 2.45) is 11.1 Å². The average Bonchev–Trinajstić information content (AvgIpc) is 2.72. The third-order valence-electron chi connectivity index (χ3n) is 4.86. The van der Waals surface area contributed by atoms with Gasteiger partial charge in [-0.1, -0.05) is 23.4 Å². The molecule has 2 heterocycles. The molecule has 1 aliphatic carbocycles. The zero-order valence-corrected chi connectivity index (χ0v) is 12.1. The van der Waals surface area contributed by atoms with Gasteiger partial charge in [-0.15, -0.1) is 0 Å². The summed E-state index contributed by atoms with van der Waals surface area (Å²) in [6.07, 6.45) is 4.29. The lowest BCUT2D eigenvalue weighted by Crippen LogP contribution is -2.48. The van der Waals surface area contributed by atoms with Gasteiger partial charge in [0.2, 0.25) is 0 Å². The summed E-state index contributed by atoms with van der Waals surface area (Å²) in [6, 6.07) is 8.19. The Kier molecular flexibility index (Phi) is 2.20. The summed E-state index contributed by atoms with van der Waals surface area (Å²) in [7, 11) is 0. The van der Waals surface area contributed by atoms with Crippen molar-refractivity contribution in [1.82, 2.24) is 0 Å². The van der Waals surface area contributed by atoms with Crippen LogP contribution in [-0.2, 0) is 4.84 Å². The number of benzene rings is 1. The van der Waals surface area contributed by atoms with E-state index in [0.29, 0.717) is 5.92 Å². The molecule has 1 saturated carbocycles. The fourth-order valence-electron chi connectivity index (χ4n) is 3.59. The van der Waals surface area contributed by atoms with E-state index < -0.39 is 0 Å². The number of para-hydroxylation sites is 1. The second-order valence-corrected chi connectivity index (χ2v) is 6.69. The fourth-order valence-corrected chi connectivity index (χ4v) is 3.59. The van der Waals surface area contributed by atoms with E-state index >= 15 is 0 Å². The molecule has 0 saturated heterocycles.